The Morgan fingerprint density at radius 2 is 1.61 bits per heavy atom. The number of hydroxylamine groups is 2. The average molecular weight is 323 g/mol. The monoisotopic (exact) mass is 323 g/mol. The fourth-order valence-corrected chi connectivity index (χ4v) is 1.92. The molecule has 23 heavy (non-hydrogen) atoms. The standard InChI is InChI=1S/C13H13N3O7/c17-8(5-6-15-9(18)1-2-10(15)19)14-7-13(22)23-16-11(20)3-4-12(16)21/h1-2H,3-7H2,(H,14,17). The first-order chi connectivity index (χ1) is 10.9. The van der Waals surface area contributed by atoms with Crippen LogP contribution in [0.4, 0.5) is 0 Å². The summed E-state index contributed by atoms with van der Waals surface area (Å²) >= 11 is 0. The Labute approximate surface area is 130 Å². The highest BCUT2D eigenvalue weighted by atomic mass is 16.7. The van der Waals surface area contributed by atoms with Crippen LogP contribution in [0.2, 0.25) is 0 Å². The summed E-state index contributed by atoms with van der Waals surface area (Å²) in [6, 6.07) is 0. The molecule has 0 spiro atoms. The van der Waals surface area contributed by atoms with E-state index < -0.39 is 42.0 Å². The highest BCUT2D eigenvalue weighted by Gasteiger charge is 2.32. The van der Waals surface area contributed by atoms with Crippen molar-refractivity contribution in [3.63, 3.8) is 0 Å². The Bertz CT molecular complexity index is 591. The van der Waals surface area contributed by atoms with Crippen molar-refractivity contribution < 1.29 is 33.6 Å². The zero-order valence-electron chi connectivity index (χ0n) is 11.9. The first kappa shape index (κ1) is 16.3. The number of nitrogens with zero attached hydrogens (tertiary/aromatic N) is 2. The van der Waals surface area contributed by atoms with Crippen molar-refractivity contribution in [2.24, 2.45) is 0 Å². The van der Waals surface area contributed by atoms with Gasteiger partial charge in [0.25, 0.3) is 23.6 Å². The molecule has 1 N–H and O–H groups in total. The summed E-state index contributed by atoms with van der Waals surface area (Å²) in [7, 11) is 0. The summed E-state index contributed by atoms with van der Waals surface area (Å²) in [5.74, 6) is -3.81. The first-order valence-corrected chi connectivity index (χ1v) is 6.75. The van der Waals surface area contributed by atoms with Gasteiger partial charge in [0, 0.05) is 38.0 Å². The van der Waals surface area contributed by atoms with Crippen LogP contribution in [0.1, 0.15) is 19.3 Å². The molecule has 2 rings (SSSR count). The van der Waals surface area contributed by atoms with E-state index in [2.05, 4.69) is 10.2 Å². The zero-order valence-corrected chi connectivity index (χ0v) is 11.9. The van der Waals surface area contributed by atoms with E-state index in [0.29, 0.717) is 5.06 Å². The fraction of sp³-hybridized carbons (Fsp3) is 0.385. The Kier molecular flexibility index (Phi) is 4.84. The largest absolute Gasteiger partial charge is 0.352 e. The Balaban J connectivity index is 1.69. The number of carbonyl (C=O) groups excluding carboxylic acids is 6. The lowest BCUT2D eigenvalue weighted by Crippen LogP contribution is -2.39. The predicted molar refractivity (Wildman–Crippen MR) is 70.7 cm³/mol. The molecule has 10 heteroatoms. The van der Waals surface area contributed by atoms with E-state index in [1.54, 1.807) is 0 Å². The third-order valence-corrected chi connectivity index (χ3v) is 3.09. The molecule has 2 aliphatic heterocycles. The topological polar surface area (TPSA) is 130 Å². The van der Waals surface area contributed by atoms with Crippen LogP contribution in [-0.2, 0) is 33.6 Å². The number of amides is 5. The van der Waals surface area contributed by atoms with E-state index in [1.807, 2.05) is 0 Å². The van der Waals surface area contributed by atoms with Crippen molar-refractivity contribution in [3.8, 4) is 0 Å². The van der Waals surface area contributed by atoms with Crippen LogP contribution in [0.5, 0.6) is 0 Å². The fourth-order valence-electron chi connectivity index (χ4n) is 1.92. The molecule has 0 aromatic rings. The van der Waals surface area contributed by atoms with Crippen molar-refractivity contribution in [1.82, 2.24) is 15.3 Å². The molecule has 0 bridgehead atoms. The van der Waals surface area contributed by atoms with Gasteiger partial charge in [0.2, 0.25) is 5.91 Å². The number of rotatable bonds is 6. The molecular weight excluding hydrogens is 310 g/mol. The lowest BCUT2D eigenvalue weighted by atomic mass is 10.3. The molecule has 2 heterocycles. The second-order valence-corrected chi connectivity index (χ2v) is 4.73. The number of imide groups is 2. The molecule has 0 aromatic heterocycles. The minimum absolute atomic E-state index is 0.0234. The van der Waals surface area contributed by atoms with E-state index in [9.17, 15) is 28.8 Å². The molecule has 0 saturated carbocycles. The van der Waals surface area contributed by atoms with Gasteiger partial charge in [-0.2, -0.15) is 0 Å². The third kappa shape index (κ3) is 3.99. The summed E-state index contributed by atoms with van der Waals surface area (Å²) in [5.41, 5.74) is 0. The molecule has 0 atom stereocenters. The van der Waals surface area contributed by atoms with E-state index in [1.165, 1.54) is 0 Å². The van der Waals surface area contributed by atoms with Gasteiger partial charge in [-0.1, -0.05) is 0 Å². The van der Waals surface area contributed by atoms with Gasteiger partial charge in [0.05, 0.1) is 0 Å². The number of nitrogens with one attached hydrogen (secondary N) is 1. The molecule has 122 valence electrons. The van der Waals surface area contributed by atoms with Crippen LogP contribution in [0.3, 0.4) is 0 Å². The average Bonchev–Trinajstić information content (AvgIpc) is 2.99. The van der Waals surface area contributed by atoms with Gasteiger partial charge < -0.3 is 10.2 Å². The highest BCUT2D eigenvalue weighted by molar-refractivity contribution is 6.13. The van der Waals surface area contributed by atoms with Crippen LogP contribution < -0.4 is 5.32 Å². The summed E-state index contributed by atoms with van der Waals surface area (Å²) < 4.78 is 0. The van der Waals surface area contributed by atoms with Gasteiger partial charge in [-0.25, -0.2) is 4.79 Å². The normalized spacial score (nSPS) is 17.2. The summed E-state index contributed by atoms with van der Waals surface area (Å²) in [4.78, 5) is 73.4. The van der Waals surface area contributed by atoms with Gasteiger partial charge >= 0.3 is 5.97 Å². The van der Waals surface area contributed by atoms with E-state index in [0.717, 1.165) is 17.1 Å². The predicted octanol–water partition coefficient (Wildman–Crippen LogP) is -1.98. The highest BCUT2D eigenvalue weighted by Crippen LogP contribution is 2.11. The van der Waals surface area contributed by atoms with Gasteiger partial charge in [-0.3, -0.25) is 28.9 Å². The maximum absolute atomic E-state index is 11.5. The summed E-state index contributed by atoms with van der Waals surface area (Å²) in [5, 5.41) is 2.58. The molecular formula is C13H13N3O7. The Morgan fingerprint density at radius 1 is 1.04 bits per heavy atom. The molecule has 0 unspecified atom stereocenters. The van der Waals surface area contributed by atoms with Crippen LogP contribution >= 0.6 is 0 Å². The zero-order chi connectivity index (χ0) is 17.0. The molecule has 0 aromatic carbocycles. The van der Waals surface area contributed by atoms with Gasteiger partial charge in [0.15, 0.2) is 0 Å². The molecule has 0 aliphatic carbocycles. The van der Waals surface area contributed by atoms with Crippen molar-refractivity contribution >= 4 is 35.5 Å². The lowest BCUT2D eigenvalue weighted by molar-refractivity contribution is -0.196. The van der Waals surface area contributed by atoms with Crippen molar-refractivity contribution in [2.45, 2.75) is 19.3 Å². The molecule has 0 radical (unpaired) electrons. The molecule has 5 amide bonds. The first-order valence-electron chi connectivity index (χ1n) is 6.75. The number of hydrogen-bond acceptors (Lipinski definition) is 7. The van der Waals surface area contributed by atoms with Crippen LogP contribution in [0, 0.1) is 0 Å². The Morgan fingerprint density at radius 3 is 2.17 bits per heavy atom. The van der Waals surface area contributed by atoms with Crippen LogP contribution in [0.25, 0.3) is 0 Å². The van der Waals surface area contributed by atoms with Crippen LogP contribution in [0.15, 0.2) is 12.2 Å². The quantitative estimate of drug-likeness (QED) is 0.561. The second-order valence-electron chi connectivity index (χ2n) is 4.73. The smallest absolute Gasteiger partial charge is 0.345 e. The summed E-state index contributed by atoms with van der Waals surface area (Å²) in [6.45, 7) is -0.662. The van der Waals surface area contributed by atoms with E-state index >= 15 is 0 Å². The maximum Gasteiger partial charge on any atom is 0.352 e. The minimum Gasteiger partial charge on any atom is -0.345 e. The summed E-state index contributed by atoms with van der Waals surface area (Å²) in [6.07, 6.45) is 1.96. The van der Waals surface area contributed by atoms with E-state index in [-0.39, 0.29) is 25.8 Å². The van der Waals surface area contributed by atoms with Crippen molar-refractivity contribution in [1.29, 1.82) is 0 Å². The molecule has 10 nitrogen and oxygen atoms in total. The number of hydrogen-bond donors (Lipinski definition) is 1. The Hall–Kier alpha value is -3.04. The lowest BCUT2D eigenvalue weighted by Gasteiger charge is -2.14. The van der Waals surface area contributed by atoms with Crippen molar-refractivity contribution in [3.05, 3.63) is 12.2 Å². The SMILES string of the molecule is O=C(CCN1C(=O)C=CC1=O)NCC(=O)ON1C(=O)CCC1=O. The third-order valence-electron chi connectivity index (χ3n) is 3.09. The van der Waals surface area contributed by atoms with Gasteiger partial charge in [-0.15, -0.1) is 5.06 Å². The minimum atomic E-state index is -0.975. The second kappa shape index (κ2) is 6.81. The maximum atomic E-state index is 11.5. The molecule has 1 fully saturated rings. The van der Waals surface area contributed by atoms with Crippen molar-refractivity contribution in [2.75, 3.05) is 13.1 Å². The van der Waals surface area contributed by atoms with E-state index in [4.69, 9.17) is 0 Å². The molecule has 2 aliphatic rings. The molecule has 1 saturated heterocycles. The van der Waals surface area contributed by atoms with Gasteiger partial charge in [-0.05, 0) is 0 Å². The van der Waals surface area contributed by atoms with Gasteiger partial charge in [0.1, 0.15) is 6.54 Å². The van der Waals surface area contributed by atoms with Crippen LogP contribution in [-0.4, -0.2) is 58.6 Å². The number of carbonyl (C=O) groups is 6.